The van der Waals surface area contributed by atoms with E-state index in [4.69, 9.17) is 0 Å². The predicted octanol–water partition coefficient (Wildman–Crippen LogP) is 7.22. The normalized spacial score (nSPS) is 13.6. The first-order valence-corrected chi connectivity index (χ1v) is 13.0. The van der Waals surface area contributed by atoms with Crippen molar-refractivity contribution in [1.82, 2.24) is 19.1 Å². The first kappa shape index (κ1) is 30.7. The van der Waals surface area contributed by atoms with Crippen LogP contribution in [-0.4, -0.2) is 24.8 Å². The van der Waals surface area contributed by atoms with Gasteiger partial charge in [-0.05, 0) is 32.4 Å². The van der Waals surface area contributed by atoms with E-state index in [1.807, 2.05) is 123 Å². The van der Waals surface area contributed by atoms with E-state index >= 15 is 0 Å². The molecule has 0 saturated heterocycles. The molecule has 0 saturated carbocycles. The van der Waals surface area contributed by atoms with Crippen LogP contribution in [0.4, 0.5) is 0 Å². The number of aromatic nitrogens is 4. The first-order chi connectivity index (χ1) is 18.8. The van der Waals surface area contributed by atoms with Crippen LogP contribution in [0.1, 0.15) is 30.8 Å². The third-order valence-electron chi connectivity index (χ3n) is 6.10. The summed E-state index contributed by atoms with van der Waals surface area (Å²) in [4.78, 5) is 13.3. The van der Waals surface area contributed by atoms with Crippen LogP contribution >= 0.6 is 0 Å². The van der Waals surface area contributed by atoms with Crippen LogP contribution in [0.5, 0.6) is 0 Å². The van der Waals surface area contributed by atoms with E-state index in [9.17, 15) is 0 Å². The molecule has 0 fully saturated rings. The Labute approximate surface area is 251 Å². The Morgan fingerprint density at radius 3 is 1.38 bits per heavy atom. The van der Waals surface area contributed by atoms with Crippen molar-refractivity contribution < 1.29 is 20.1 Å². The van der Waals surface area contributed by atoms with Crippen LogP contribution in [0.25, 0.3) is 22.8 Å². The van der Waals surface area contributed by atoms with Crippen molar-refractivity contribution in [1.29, 1.82) is 0 Å². The Kier molecular flexibility index (Phi) is 11.1. The van der Waals surface area contributed by atoms with E-state index in [0.29, 0.717) is 5.92 Å². The monoisotopic (exact) mass is 705 g/mol. The Bertz CT molecular complexity index is 1470. The van der Waals surface area contributed by atoms with Gasteiger partial charge in [0.05, 0.1) is 11.6 Å². The molecule has 1 unspecified atom stereocenters. The average Bonchev–Trinajstić information content (AvgIpc) is 3.60. The van der Waals surface area contributed by atoms with E-state index in [0.717, 1.165) is 51.1 Å². The summed E-state index contributed by atoms with van der Waals surface area (Å²) >= 11 is 0. The summed E-state index contributed by atoms with van der Waals surface area (Å²) in [5.74, 6) is 2.37. The Hall–Kier alpha value is -3.86. The van der Waals surface area contributed by atoms with Crippen LogP contribution in [0.3, 0.4) is 0 Å². The van der Waals surface area contributed by atoms with Gasteiger partial charge in [-0.15, -0.1) is 108 Å². The SMILES string of the molecule is CC1=CC(C)C(c2[c-]cccc2)=N1.Cc1cn(C)c(-c2[c-]cccc2)n1.Cc1cn(C)c(-c2[c-]cccc2)n1.[Ir+3]. The van der Waals surface area contributed by atoms with Gasteiger partial charge in [-0.3, -0.25) is 9.97 Å². The number of aryl methyl sites for hydroxylation is 4. The molecule has 204 valence electrons. The number of allylic oxidation sites excluding steroid dienone is 2. The van der Waals surface area contributed by atoms with E-state index in [2.05, 4.69) is 52.2 Å². The fraction of sp³-hybridized carbons (Fsp3) is 0.206. The zero-order chi connectivity index (χ0) is 27.8. The molecule has 0 amide bonds. The van der Waals surface area contributed by atoms with Crippen LogP contribution in [0.15, 0.2) is 102 Å². The van der Waals surface area contributed by atoms with Crippen molar-refractivity contribution in [3.63, 3.8) is 0 Å². The van der Waals surface area contributed by atoms with E-state index in [-0.39, 0.29) is 20.1 Å². The average molecular weight is 705 g/mol. The fourth-order valence-electron chi connectivity index (χ4n) is 4.43. The summed E-state index contributed by atoms with van der Waals surface area (Å²) in [6.07, 6.45) is 6.20. The zero-order valence-corrected chi connectivity index (χ0v) is 26.2. The van der Waals surface area contributed by atoms with Gasteiger partial charge in [0.2, 0.25) is 0 Å². The van der Waals surface area contributed by atoms with Crippen LogP contribution < -0.4 is 0 Å². The number of nitrogens with zero attached hydrogens (tertiary/aromatic N) is 5. The molecule has 2 aromatic heterocycles. The standard InChI is InChI=1S/C12H12N.2C11H11N2.Ir/c1-9-8-10(2)13-12(9)11-6-4-3-5-7-11;2*1-9-8-13(2)11(12-9)10-6-4-3-5-7-10;/h3-6,8-9H,1-2H3;2*3-6,8H,1-2H3;/q3*-1;+3. The summed E-state index contributed by atoms with van der Waals surface area (Å²) in [7, 11) is 3.99. The van der Waals surface area contributed by atoms with Crippen LogP contribution in [-0.2, 0) is 34.2 Å². The van der Waals surface area contributed by atoms with Crippen molar-refractivity contribution in [2.75, 3.05) is 0 Å². The molecule has 0 N–H and O–H groups in total. The maximum Gasteiger partial charge on any atom is 3.00 e. The second-order valence-corrected chi connectivity index (χ2v) is 9.56. The second-order valence-electron chi connectivity index (χ2n) is 9.56. The van der Waals surface area contributed by atoms with Gasteiger partial charge in [-0.25, -0.2) is 0 Å². The summed E-state index contributed by atoms with van der Waals surface area (Å²) in [6, 6.07) is 33.2. The van der Waals surface area contributed by atoms with Gasteiger partial charge < -0.3 is 14.1 Å². The number of aliphatic imine (C=N–C) groups is 1. The van der Waals surface area contributed by atoms with E-state index < -0.39 is 0 Å². The quantitative estimate of drug-likeness (QED) is 0.186. The van der Waals surface area contributed by atoms with Gasteiger partial charge in [0, 0.05) is 43.6 Å². The number of benzene rings is 3. The Morgan fingerprint density at radius 1 is 0.650 bits per heavy atom. The summed E-state index contributed by atoms with van der Waals surface area (Å²) in [5, 5.41) is 0. The minimum absolute atomic E-state index is 0. The number of hydrogen-bond donors (Lipinski definition) is 0. The minimum Gasteiger partial charge on any atom is -0.373 e. The molecule has 1 aliphatic heterocycles. The van der Waals surface area contributed by atoms with Crippen molar-refractivity contribution in [2.45, 2.75) is 27.7 Å². The fourth-order valence-corrected chi connectivity index (χ4v) is 4.43. The Morgan fingerprint density at radius 2 is 1.07 bits per heavy atom. The Balaban J connectivity index is 0.000000163. The number of rotatable bonds is 3. The third kappa shape index (κ3) is 8.08. The second kappa shape index (κ2) is 14.5. The zero-order valence-electron chi connectivity index (χ0n) is 23.8. The molecule has 40 heavy (non-hydrogen) atoms. The number of hydrogen-bond acceptors (Lipinski definition) is 3. The molecule has 0 aliphatic carbocycles. The molecule has 3 heterocycles. The predicted molar refractivity (Wildman–Crippen MR) is 159 cm³/mol. The van der Waals surface area contributed by atoms with E-state index in [1.165, 1.54) is 0 Å². The molecule has 5 aromatic rings. The van der Waals surface area contributed by atoms with Crippen molar-refractivity contribution in [2.24, 2.45) is 25.0 Å². The van der Waals surface area contributed by atoms with Gasteiger partial charge in [0.25, 0.3) is 0 Å². The molecule has 6 rings (SSSR count). The van der Waals surface area contributed by atoms with Crippen LogP contribution in [0.2, 0.25) is 0 Å². The molecule has 3 aromatic carbocycles. The van der Waals surface area contributed by atoms with Gasteiger partial charge in [0.1, 0.15) is 0 Å². The first-order valence-electron chi connectivity index (χ1n) is 13.0. The smallest absolute Gasteiger partial charge is 0.373 e. The molecule has 0 bridgehead atoms. The molecule has 6 heteroatoms. The third-order valence-corrected chi connectivity index (χ3v) is 6.10. The van der Waals surface area contributed by atoms with Crippen LogP contribution in [0, 0.1) is 38.0 Å². The van der Waals surface area contributed by atoms with Gasteiger partial charge >= 0.3 is 20.1 Å². The molecule has 0 radical (unpaired) electrons. The van der Waals surface area contributed by atoms with Crippen molar-refractivity contribution in [3.8, 4) is 22.8 Å². The van der Waals surface area contributed by atoms with E-state index in [1.54, 1.807) is 0 Å². The summed E-state index contributed by atoms with van der Waals surface area (Å²) in [6.45, 7) is 8.18. The van der Waals surface area contributed by atoms with Gasteiger partial charge in [-0.2, -0.15) is 0 Å². The maximum absolute atomic E-state index is 4.49. The largest absolute Gasteiger partial charge is 3.00 e. The van der Waals surface area contributed by atoms with Crippen molar-refractivity contribution in [3.05, 3.63) is 132 Å². The maximum atomic E-state index is 4.49. The topological polar surface area (TPSA) is 48.0 Å². The molecule has 0 spiro atoms. The molecule has 1 atom stereocenters. The molecule has 1 aliphatic rings. The summed E-state index contributed by atoms with van der Waals surface area (Å²) in [5.41, 5.74) is 7.52. The van der Waals surface area contributed by atoms with Gasteiger partial charge in [0.15, 0.2) is 0 Å². The molecular formula is C34H34IrN5. The van der Waals surface area contributed by atoms with Crippen molar-refractivity contribution >= 4 is 5.71 Å². The minimum atomic E-state index is 0. The van der Waals surface area contributed by atoms with Gasteiger partial charge in [-0.1, -0.05) is 13.0 Å². The molecule has 5 nitrogen and oxygen atoms in total. The molecular weight excluding hydrogens is 671 g/mol. The number of imidazole rings is 2. The summed E-state index contributed by atoms with van der Waals surface area (Å²) < 4.78 is 4.03.